The fourth-order valence-electron chi connectivity index (χ4n) is 3.27. The first-order valence-electron chi connectivity index (χ1n) is 10.1. The van der Waals surface area contributed by atoms with Crippen molar-refractivity contribution in [3.63, 3.8) is 0 Å². The van der Waals surface area contributed by atoms with Crippen molar-refractivity contribution >= 4 is 11.6 Å². The lowest BCUT2D eigenvalue weighted by Crippen LogP contribution is -2.13. The lowest BCUT2D eigenvalue weighted by molar-refractivity contribution is 0.102. The van der Waals surface area contributed by atoms with Crippen LogP contribution in [0, 0.1) is 13.8 Å². The van der Waals surface area contributed by atoms with Crippen molar-refractivity contribution in [2.75, 3.05) is 11.9 Å². The molecule has 3 aromatic carbocycles. The second-order valence-corrected chi connectivity index (χ2v) is 7.40. The van der Waals surface area contributed by atoms with Crippen LogP contribution in [-0.2, 0) is 6.54 Å². The summed E-state index contributed by atoms with van der Waals surface area (Å²) in [7, 11) is 0. The largest absolute Gasteiger partial charge is 0.492 e. The summed E-state index contributed by atoms with van der Waals surface area (Å²) in [5.74, 6) is 0.587. The Balaban J connectivity index is 1.44. The second kappa shape index (κ2) is 9.26. The van der Waals surface area contributed by atoms with Gasteiger partial charge in [-0.25, -0.2) is 9.67 Å². The van der Waals surface area contributed by atoms with Crippen LogP contribution >= 0.6 is 0 Å². The van der Waals surface area contributed by atoms with E-state index in [0.717, 1.165) is 22.4 Å². The van der Waals surface area contributed by atoms with Gasteiger partial charge in [0.2, 0.25) is 0 Å². The van der Waals surface area contributed by atoms with E-state index in [1.54, 1.807) is 11.0 Å². The summed E-state index contributed by atoms with van der Waals surface area (Å²) in [6, 6.07) is 21.4. The molecule has 4 rings (SSSR count). The summed E-state index contributed by atoms with van der Waals surface area (Å²) in [6.07, 6.45) is 3.15. The first kappa shape index (κ1) is 20.3. The average molecular weight is 412 g/mol. The fourth-order valence-corrected chi connectivity index (χ4v) is 3.27. The third-order valence-electron chi connectivity index (χ3n) is 4.95. The summed E-state index contributed by atoms with van der Waals surface area (Å²) in [5.41, 5.74) is 5.60. The lowest BCUT2D eigenvalue weighted by Gasteiger charge is -2.12. The van der Waals surface area contributed by atoms with Crippen molar-refractivity contribution < 1.29 is 9.53 Å². The van der Waals surface area contributed by atoms with Gasteiger partial charge in [0.15, 0.2) is 0 Å². The zero-order valence-corrected chi connectivity index (χ0v) is 17.6. The Kier molecular flexibility index (Phi) is 6.08. The van der Waals surface area contributed by atoms with E-state index in [2.05, 4.69) is 34.5 Å². The van der Waals surface area contributed by atoms with Crippen LogP contribution in [0.5, 0.6) is 5.75 Å². The van der Waals surface area contributed by atoms with Gasteiger partial charge >= 0.3 is 0 Å². The molecule has 1 amide bonds. The molecule has 0 aliphatic rings. The van der Waals surface area contributed by atoms with E-state index in [1.165, 1.54) is 11.9 Å². The van der Waals surface area contributed by atoms with Gasteiger partial charge in [-0.05, 0) is 55.3 Å². The number of nitrogens with one attached hydrogen (secondary N) is 1. The highest BCUT2D eigenvalue weighted by Gasteiger charge is 2.13. The molecule has 4 aromatic rings. The Morgan fingerprint density at radius 3 is 2.42 bits per heavy atom. The van der Waals surface area contributed by atoms with Crippen LogP contribution in [0.3, 0.4) is 0 Å². The maximum absolute atomic E-state index is 13.0. The molecule has 6 heteroatoms. The Hall–Kier alpha value is -3.93. The summed E-state index contributed by atoms with van der Waals surface area (Å²) < 4.78 is 7.43. The van der Waals surface area contributed by atoms with E-state index < -0.39 is 0 Å². The van der Waals surface area contributed by atoms with Crippen LogP contribution in [0.25, 0.3) is 11.1 Å². The van der Waals surface area contributed by atoms with Gasteiger partial charge in [0.05, 0.1) is 6.54 Å². The maximum Gasteiger partial charge on any atom is 0.256 e. The zero-order chi connectivity index (χ0) is 21.6. The molecule has 1 aromatic heterocycles. The van der Waals surface area contributed by atoms with E-state index in [0.29, 0.717) is 24.4 Å². The number of aryl methyl sites for hydroxylation is 2. The fraction of sp³-hybridized carbons (Fsp3) is 0.160. The van der Waals surface area contributed by atoms with Crippen LogP contribution in [-0.4, -0.2) is 27.3 Å². The predicted molar refractivity (Wildman–Crippen MR) is 121 cm³/mol. The van der Waals surface area contributed by atoms with Gasteiger partial charge in [-0.1, -0.05) is 47.5 Å². The average Bonchev–Trinajstić information content (AvgIpc) is 3.29. The highest BCUT2D eigenvalue weighted by molar-refractivity contribution is 6.08. The van der Waals surface area contributed by atoms with Gasteiger partial charge in [0.1, 0.15) is 25.0 Å². The summed E-state index contributed by atoms with van der Waals surface area (Å²) in [4.78, 5) is 16.9. The van der Waals surface area contributed by atoms with Crippen molar-refractivity contribution in [2.45, 2.75) is 20.4 Å². The molecule has 0 atom stereocenters. The normalized spacial score (nSPS) is 10.6. The Labute approximate surface area is 181 Å². The monoisotopic (exact) mass is 412 g/mol. The molecule has 0 saturated heterocycles. The summed E-state index contributed by atoms with van der Waals surface area (Å²) in [6.45, 7) is 5.18. The molecule has 0 saturated carbocycles. The topological polar surface area (TPSA) is 69.0 Å². The third-order valence-corrected chi connectivity index (χ3v) is 4.95. The molecule has 6 nitrogen and oxygen atoms in total. The minimum atomic E-state index is -0.143. The molecule has 0 bridgehead atoms. The van der Waals surface area contributed by atoms with Crippen molar-refractivity contribution in [3.8, 4) is 16.9 Å². The number of aromatic nitrogens is 3. The molecule has 31 heavy (non-hydrogen) atoms. The van der Waals surface area contributed by atoms with Crippen molar-refractivity contribution in [2.24, 2.45) is 0 Å². The molecular formula is C25H24N4O2. The molecule has 0 fully saturated rings. The quantitative estimate of drug-likeness (QED) is 0.469. The Bertz CT molecular complexity index is 1150. The number of nitrogens with zero attached hydrogens (tertiary/aromatic N) is 3. The number of anilines is 1. The van der Waals surface area contributed by atoms with Gasteiger partial charge in [-0.2, -0.15) is 5.10 Å². The SMILES string of the molecule is Cc1ccc(-c2cc(C)ccc2C(=O)Nc2ccc(OCCn3cncn3)cc2)cc1. The standard InChI is InChI=1S/C25H24N4O2/c1-18-3-6-20(7-4-18)24-15-19(2)5-12-23(24)25(30)28-21-8-10-22(11-9-21)31-14-13-29-17-26-16-27-29/h3-12,15-17H,13-14H2,1-2H3,(H,28,30). The molecule has 0 unspecified atom stereocenters. The number of ether oxygens (including phenoxy) is 1. The van der Waals surface area contributed by atoms with E-state index in [-0.39, 0.29) is 5.91 Å². The highest BCUT2D eigenvalue weighted by Crippen LogP contribution is 2.27. The van der Waals surface area contributed by atoms with E-state index in [1.807, 2.05) is 61.5 Å². The van der Waals surface area contributed by atoms with Crippen LogP contribution in [0.15, 0.2) is 79.4 Å². The molecule has 1 N–H and O–H groups in total. The molecule has 0 aliphatic carbocycles. The first-order chi connectivity index (χ1) is 15.1. The molecule has 156 valence electrons. The maximum atomic E-state index is 13.0. The van der Waals surface area contributed by atoms with E-state index in [4.69, 9.17) is 4.74 Å². The summed E-state index contributed by atoms with van der Waals surface area (Å²) >= 11 is 0. The van der Waals surface area contributed by atoms with Crippen LogP contribution < -0.4 is 10.1 Å². The molecule has 0 radical (unpaired) electrons. The van der Waals surface area contributed by atoms with Crippen LogP contribution in [0.4, 0.5) is 5.69 Å². The van der Waals surface area contributed by atoms with Gasteiger partial charge in [0.25, 0.3) is 5.91 Å². The number of carbonyl (C=O) groups is 1. The highest BCUT2D eigenvalue weighted by atomic mass is 16.5. The number of amides is 1. The minimum absolute atomic E-state index is 0.143. The van der Waals surface area contributed by atoms with Crippen LogP contribution in [0.1, 0.15) is 21.5 Å². The van der Waals surface area contributed by atoms with Crippen molar-refractivity contribution in [1.82, 2.24) is 14.8 Å². The van der Waals surface area contributed by atoms with Gasteiger partial charge in [0, 0.05) is 11.3 Å². The van der Waals surface area contributed by atoms with Gasteiger partial charge in [-0.3, -0.25) is 4.79 Å². The lowest BCUT2D eigenvalue weighted by atomic mass is 9.96. The molecule has 1 heterocycles. The molecule has 0 aliphatic heterocycles. The second-order valence-electron chi connectivity index (χ2n) is 7.40. The number of hydrogen-bond donors (Lipinski definition) is 1. The van der Waals surface area contributed by atoms with E-state index in [9.17, 15) is 4.79 Å². The predicted octanol–water partition coefficient (Wildman–Crippen LogP) is 4.89. The molecule has 0 spiro atoms. The number of hydrogen-bond acceptors (Lipinski definition) is 4. The Morgan fingerprint density at radius 2 is 1.71 bits per heavy atom. The zero-order valence-electron chi connectivity index (χ0n) is 17.6. The molecular weight excluding hydrogens is 388 g/mol. The van der Waals surface area contributed by atoms with Gasteiger partial charge < -0.3 is 10.1 Å². The van der Waals surface area contributed by atoms with E-state index >= 15 is 0 Å². The van der Waals surface area contributed by atoms with Crippen LogP contribution in [0.2, 0.25) is 0 Å². The first-order valence-corrected chi connectivity index (χ1v) is 10.1. The number of carbonyl (C=O) groups excluding carboxylic acids is 1. The summed E-state index contributed by atoms with van der Waals surface area (Å²) in [5, 5.41) is 7.03. The van der Waals surface area contributed by atoms with Gasteiger partial charge in [-0.15, -0.1) is 0 Å². The van der Waals surface area contributed by atoms with Crippen molar-refractivity contribution in [1.29, 1.82) is 0 Å². The Morgan fingerprint density at radius 1 is 0.968 bits per heavy atom. The smallest absolute Gasteiger partial charge is 0.256 e. The minimum Gasteiger partial charge on any atom is -0.492 e. The van der Waals surface area contributed by atoms with Crippen molar-refractivity contribution in [3.05, 3.63) is 96.1 Å². The third kappa shape index (κ3) is 5.17. The number of rotatable bonds is 7. The number of benzene rings is 3.